The zero-order valence-electron chi connectivity index (χ0n) is 8.10. The molecular weight excluding hydrogens is 233 g/mol. The van der Waals surface area contributed by atoms with Crippen LogP contribution < -0.4 is 0 Å². The molecule has 2 nitrogen and oxygen atoms in total. The molecule has 6 heteroatoms. The molecule has 2 atom stereocenters. The van der Waals surface area contributed by atoms with Crippen LogP contribution >= 0.6 is 11.6 Å². The van der Waals surface area contributed by atoms with Gasteiger partial charge in [0.2, 0.25) is 0 Å². The van der Waals surface area contributed by atoms with Crippen molar-refractivity contribution in [1.82, 2.24) is 0 Å². The predicted molar refractivity (Wildman–Crippen MR) is 48.4 cm³/mol. The van der Waals surface area contributed by atoms with Crippen LogP contribution in [0, 0.1) is 17.3 Å². The SMILES string of the molecule is CC1(C)C(C(=O)O)[C@H]1C=C(Cl)C(F)(F)F. The van der Waals surface area contributed by atoms with Gasteiger partial charge in [-0.05, 0) is 11.3 Å². The van der Waals surface area contributed by atoms with Crippen molar-refractivity contribution in [3.05, 3.63) is 11.1 Å². The highest BCUT2D eigenvalue weighted by molar-refractivity contribution is 6.30. The number of halogens is 4. The van der Waals surface area contributed by atoms with Gasteiger partial charge in [-0.25, -0.2) is 0 Å². The first-order valence-electron chi connectivity index (χ1n) is 4.26. The molecule has 1 aliphatic carbocycles. The molecule has 0 aromatic carbocycles. The van der Waals surface area contributed by atoms with Gasteiger partial charge in [0, 0.05) is 0 Å². The fraction of sp³-hybridized carbons (Fsp3) is 0.667. The third kappa shape index (κ3) is 2.27. The molecule has 1 aliphatic rings. The summed E-state index contributed by atoms with van der Waals surface area (Å²) in [6, 6.07) is 0. The second kappa shape index (κ2) is 3.40. The van der Waals surface area contributed by atoms with Crippen molar-refractivity contribution >= 4 is 17.6 Å². The average Bonchev–Trinajstić information content (AvgIpc) is 2.50. The molecule has 0 heterocycles. The fourth-order valence-corrected chi connectivity index (χ4v) is 1.85. The van der Waals surface area contributed by atoms with Crippen LogP contribution in [0.1, 0.15) is 13.8 Å². The number of hydrogen-bond donors (Lipinski definition) is 1. The number of hydrogen-bond acceptors (Lipinski definition) is 1. The van der Waals surface area contributed by atoms with E-state index < -0.39 is 34.4 Å². The fourth-order valence-electron chi connectivity index (χ4n) is 1.71. The summed E-state index contributed by atoms with van der Waals surface area (Å²) < 4.78 is 36.2. The Morgan fingerprint density at radius 2 is 1.93 bits per heavy atom. The standard InChI is InChI=1S/C9H10ClF3O2/c1-8(2)4(6(8)7(14)15)3-5(10)9(11,12)13/h3-4,6H,1-2H3,(H,14,15)/t4-,6?/m1/s1. The lowest BCUT2D eigenvalue weighted by molar-refractivity contribution is -0.139. The van der Waals surface area contributed by atoms with Crippen molar-refractivity contribution in [2.24, 2.45) is 17.3 Å². The number of carbonyl (C=O) groups is 1. The number of rotatable bonds is 2. The lowest BCUT2D eigenvalue weighted by Crippen LogP contribution is -2.07. The summed E-state index contributed by atoms with van der Waals surface area (Å²) in [4.78, 5) is 10.7. The highest BCUT2D eigenvalue weighted by Crippen LogP contribution is 2.60. The molecule has 0 aliphatic heterocycles. The molecular formula is C9H10ClF3O2. The smallest absolute Gasteiger partial charge is 0.426 e. The molecule has 86 valence electrons. The van der Waals surface area contributed by atoms with Gasteiger partial charge < -0.3 is 5.11 Å². The summed E-state index contributed by atoms with van der Waals surface area (Å²) in [7, 11) is 0. The largest absolute Gasteiger partial charge is 0.481 e. The van der Waals surface area contributed by atoms with E-state index >= 15 is 0 Å². The Morgan fingerprint density at radius 3 is 2.20 bits per heavy atom. The maximum absolute atomic E-state index is 12.1. The number of alkyl halides is 3. The van der Waals surface area contributed by atoms with E-state index in [0.717, 1.165) is 6.08 Å². The van der Waals surface area contributed by atoms with E-state index in [2.05, 4.69) is 0 Å². The van der Waals surface area contributed by atoms with E-state index in [9.17, 15) is 18.0 Å². The Kier molecular flexibility index (Phi) is 2.80. The van der Waals surface area contributed by atoms with Crippen LogP contribution in [0.15, 0.2) is 11.1 Å². The lowest BCUT2D eigenvalue weighted by atomic mass is 10.1. The Bertz CT molecular complexity index is 320. The number of aliphatic carboxylic acids is 1. The summed E-state index contributed by atoms with van der Waals surface area (Å²) in [6.07, 6.45) is -3.80. The van der Waals surface area contributed by atoms with Crippen LogP contribution in [0.5, 0.6) is 0 Å². The van der Waals surface area contributed by atoms with Crippen molar-refractivity contribution in [1.29, 1.82) is 0 Å². The average molecular weight is 243 g/mol. The van der Waals surface area contributed by atoms with Gasteiger partial charge in [-0.15, -0.1) is 0 Å². The van der Waals surface area contributed by atoms with Gasteiger partial charge in [-0.1, -0.05) is 31.5 Å². The quantitative estimate of drug-likeness (QED) is 0.808. The normalized spacial score (nSPS) is 30.1. The number of allylic oxidation sites excluding steroid dienone is 2. The summed E-state index contributed by atoms with van der Waals surface area (Å²) in [5, 5.41) is 7.48. The summed E-state index contributed by atoms with van der Waals surface area (Å²) in [5.74, 6) is -2.52. The van der Waals surface area contributed by atoms with Crippen LogP contribution in [0.25, 0.3) is 0 Å². The van der Waals surface area contributed by atoms with Crippen LogP contribution in [-0.4, -0.2) is 17.3 Å². The third-order valence-electron chi connectivity index (χ3n) is 2.77. The molecule has 0 amide bonds. The Hall–Kier alpha value is -0.710. The first-order valence-corrected chi connectivity index (χ1v) is 4.63. The summed E-state index contributed by atoms with van der Waals surface area (Å²) in [6.45, 7) is 3.21. The van der Waals surface area contributed by atoms with Gasteiger partial charge >= 0.3 is 12.1 Å². The predicted octanol–water partition coefficient (Wildman–Crippen LogP) is 3.03. The first kappa shape index (κ1) is 12.4. The Labute approximate surface area is 89.7 Å². The van der Waals surface area contributed by atoms with Gasteiger partial charge in [-0.3, -0.25) is 4.79 Å². The van der Waals surface area contributed by atoms with Crippen LogP contribution in [0.4, 0.5) is 13.2 Å². The van der Waals surface area contributed by atoms with Gasteiger partial charge in [-0.2, -0.15) is 13.2 Å². The Morgan fingerprint density at radius 1 is 1.47 bits per heavy atom. The van der Waals surface area contributed by atoms with Crippen molar-refractivity contribution in [3.8, 4) is 0 Å². The molecule has 1 rings (SSSR count). The van der Waals surface area contributed by atoms with E-state index in [1.54, 1.807) is 13.8 Å². The van der Waals surface area contributed by atoms with Gasteiger partial charge in [0.05, 0.1) is 5.92 Å². The van der Waals surface area contributed by atoms with Crippen molar-refractivity contribution < 1.29 is 23.1 Å². The van der Waals surface area contributed by atoms with Crippen molar-refractivity contribution in [2.45, 2.75) is 20.0 Å². The van der Waals surface area contributed by atoms with E-state index in [4.69, 9.17) is 16.7 Å². The van der Waals surface area contributed by atoms with Crippen molar-refractivity contribution in [3.63, 3.8) is 0 Å². The van der Waals surface area contributed by atoms with E-state index in [0.29, 0.717) is 0 Å². The summed E-state index contributed by atoms with van der Waals surface area (Å²) in [5.41, 5.74) is -0.656. The molecule has 1 saturated carbocycles. The topological polar surface area (TPSA) is 37.3 Å². The van der Waals surface area contributed by atoms with Crippen molar-refractivity contribution in [2.75, 3.05) is 0 Å². The molecule has 15 heavy (non-hydrogen) atoms. The van der Waals surface area contributed by atoms with E-state index in [1.807, 2.05) is 0 Å². The minimum atomic E-state index is -4.59. The molecule has 0 saturated heterocycles. The van der Waals surface area contributed by atoms with E-state index in [-0.39, 0.29) is 0 Å². The van der Waals surface area contributed by atoms with E-state index in [1.165, 1.54) is 0 Å². The van der Waals surface area contributed by atoms with Gasteiger partial charge in [0.1, 0.15) is 5.03 Å². The molecule has 0 aromatic rings. The number of carboxylic acid groups (broad SMARTS) is 1. The molecule has 0 spiro atoms. The van der Waals surface area contributed by atoms with Crippen LogP contribution in [0.3, 0.4) is 0 Å². The third-order valence-corrected chi connectivity index (χ3v) is 3.11. The zero-order valence-corrected chi connectivity index (χ0v) is 8.86. The first-order chi connectivity index (χ1) is 6.58. The highest BCUT2D eigenvalue weighted by Gasteiger charge is 2.61. The van der Waals surface area contributed by atoms with Crippen LogP contribution in [-0.2, 0) is 4.79 Å². The second-order valence-electron chi connectivity index (χ2n) is 4.18. The van der Waals surface area contributed by atoms with Crippen LogP contribution in [0.2, 0.25) is 0 Å². The molecule has 0 aromatic heterocycles. The molecule has 1 unspecified atom stereocenters. The molecule has 1 N–H and O–H groups in total. The second-order valence-corrected chi connectivity index (χ2v) is 4.58. The monoisotopic (exact) mass is 242 g/mol. The lowest BCUT2D eigenvalue weighted by Gasteiger charge is -2.04. The molecule has 0 bridgehead atoms. The highest BCUT2D eigenvalue weighted by atomic mass is 35.5. The minimum Gasteiger partial charge on any atom is -0.481 e. The molecule has 1 fully saturated rings. The maximum Gasteiger partial charge on any atom is 0.426 e. The van der Waals surface area contributed by atoms with Gasteiger partial charge in [0.15, 0.2) is 0 Å². The number of carboxylic acids is 1. The molecule has 0 radical (unpaired) electrons. The van der Waals surface area contributed by atoms with Gasteiger partial charge in [0.25, 0.3) is 0 Å². The Balaban J connectivity index is 2.83. The maximum atomic E-state index is 12.1. The summed E-state index contributed by atoms with van der Waals surface area (Å²) >= 11 is 5.03. The zero-order chi connectivity index (χ0) is 12.0. The minimum absolute atomic E-state index is 0.649.